The highest BCUT2D eigenvalue weighted by molar-refractivity contribution is 7.85. The molecule has 2 heterocycles. The van der Waals surface area contributed by atoms with Gasteiger partial charge in [-0.1, -0.05) is 6.07 Å². The van der Waals surface area contributed by atoms with Gasteiger partial charge in [-0.15, -0.1) is 0 Å². The quantitative estimate of drug-likeness (QED) is 0.282. The molecule has 2 aromatic heterocycles. The largest absolute Gasteiger partial charge is 0.496 e. The first-order valence-corrected chi connectivity index (χ1v) is 11.1. The highest BCUT2D eigenvalue weighted by Crippen LogP contribution is 2.38. The number of nitrogens with two attached hydrogens (primary N) is 1. The van der Waals surface area contributed by atoms with Gasteiger partial charge in [0.05, 0.1) is 43.6 Å². The van der Waals surface area contributed by atoms with Gasteiger partial charge in [-0.3, -0.25) is 9.65 Å². The van der Waals surface area contributed by atoms with E-state index in [1.54, 1.807) is 7.11 Å². The zero-order valence-corrected chi connectivity index (χ0v) is 18.3. The Bertz CT molecular complexity index is 1150. The van der Waals surface area contributed by atoms with E-state index in [1.807, 2.05) is 30.3 Å². The van der Waals surface area contributed by atoms with Crippen molar-refractivity contribution >= 4 is 21.8 Å². The second kappa shape index (κ2) is 11.6. The van der Waals surface area contributed by atoms with Crippen molar-refractivity contribution in [3.8, 4) is 28.8 Å². The number of rotatable bonds is 8. The van der Waals surface area contributed by atoms with Crippen LogP contribution in [0.25, 0.3) is 11.3 Å². The monoisotopic (exact) mass is 461 g/mol. The van der Waals surface area contributed by atoms with Crippen LogP contribution in [0.4, 0.5) is 11.6 Å². The Hall–Kier alpha value is -3.73. The molecule has 3 aromatic rings. The fourth-order valence-electron chi connectivity index (χ4n) is 2.43. The Morgan fingerprint density at radius 3 is 2.56 bits per heavy atom. The van der Waals surface area contributed by atoms with Crippen molar-refractivity contribution in [1.82, 2.24) is 20.2 Å². The van der Waals surface area contributed by atoms with Gasteiger partial charge in [0.15, 0.2) is 11.5 Å². The fraction of sp³-hybridized carbons (Fsp3) is 0.263. The van der Waals surface area contributed by atoms with E-state index in [-0.39, 0.29) is 5.69 Å². The lowest BCUT2D eigenvalue weighted by atomic mass is 10.1. The molecule has 0 bridgehead atoms. The summed E-state index contributed by atoms with van der Waals surface area (Å²) in [7, 11) is -2.07. The molecule has 1 aromatic carbocycles. The van der Waals surface area contributed by atoms with Crippen molar-refractivity contribution in [3.05, 3.63) is 42.4 Å². The van der Waals surface area contributed by atoms with E-state index in [0.717, 1.165) is 17.7 Å². The van der Waals surface area contributed by atoms with Gasteiger partial charge >= 0.3 is 0 Å². The molecule has 0 atom stereocenters. The summed E-state index contributed by atoms with van der Waals surface area (Å²) in [6.45, 7) is 1.07. The van der Waals surface area contributed by atoms with Gasteiger partial charge < -0.3 is 20.5 Å². The normalized spacial score (nSPS) is 10.5. The molecule has 0 fully saturated rings. The Balaban J connectivity index is 0.000000654. The predicted octanol–water partition coefficient (Wildman–Crippen LogP) is 1.72. The van der Waals surface area contributed by atoms with E-state index in [4.69, 9.17) is 25.0 Å². The van der Waals surface area contributed by atoms with Crippen molar-refractivity contribution < 1.29 is 22.4 Å². The molecular formula is C19H23N7O5S. The van der Waals surface area contributed by atoms with Crippen LogP contribution in [0.5, 0.6) is 11.5 Å². The fourth-order valence-corrected chi connectivity index (χ4v) is 2.43. The smallest absolute Gasteiger partial charge is 0.261 e. The molecule has 0 spiro atoms. The number of nitriles is 1. The molecule has 32 heavy (non-hydrogen) atoms. The van der Waals surface area contributed by atoms with Crippen molar-refractivity contribution in [1.29, 1.82) is 5.26 Å². The third kappa shape index (κ3) is 7.84. The van der Waals surface area contributed by atoms with Crippen LogP contribution in [-0.4, -0.2) is 59.7 Å². The first kappa shape index (κ1) is 24.5. The summed E-state index contributed by atoms with van der Waals surface area (Å²) in [4.78, 5) is 8.08. The Labute approximate surface area is 185 Å². The van der Waals surface area contributed by atoms with Crippen molar-refractivity contribution in [2.45, 2.75) is 6.42 Å². The molecule has 3 rings (SSSR count). The third-order valence-corrected chi connectivity index (χ3v) is 3.68. The number of nitrogens with zero attached hydrogens (tertiary/aromatic N) is 4. The third-order valence-electron chi connectivity index (χ3n) is 3.68. The number of aromatic amines is 1. The first-order chi connectivity index (χ1) is 15.2. The number of nitrogens with one attached hydrogen (secondary N) is 2. The number of H-pyrrole nitrogens is 1. The number of hydrogen-bond donors (Lipinski definition) is 4. The van der Waals surface area contributed by atoms with Gasteiger partial charge in [0.1, 0.15) is 23.4 Å². The summed E-state index contributed by atoms with van der Waals surface area (Å²) in [6.07, 6.45) is 4.33. The average Bonchev–Trinajstić information content (AvgIpc) is 3.21. The topological polar surface area (TPSA) is 189 Å². The van der Waals surface area contributed by atoms with Gasteiger partial charge in [0, 0.05) is 6.07 Å². The molecule has 0 radical (unpaired) electrons. The van der Waals surface area contributed by atoms with E-state index in [2.05, 4.69) is 25.5 Å². The van der Waals surface area contributed by atoms with Crippen molar-refractivity contribution in [2.75, 3.05) is 31.8 Å². The van der Waals surface area contributed by atoms with E-state index in [1.165, 1.54) is 12.4 Å². The Morgan fingerprint density at radius 1 is 1.25 bits per heavy atom. The van der Waals surface area contributed by atoms with Crippen molar-refractivity contribution in [2.24, 2.45) is 5.73 Å². The SMILES string of the molecule is COc1cccc(OCCCN)c1-c1cc(Nc2cnc(C#N)cn2)n[nH]1.CS(=O)(=O)O. The molecule has 0 aliphatic heterocycles. The molecule has 0 amide bonds. The molecular weight excluding hydrogens is 438 g/mol. The second-order valence-electron chi connectivity index (χ2n) is 6.25. The van der Waals surface area contributed by atoms with E-state index >= 15 is 0 Å². The maximum Gasteiger partial charge on any atom is 0.261 e. The van der Waals surface area contributed by atoms with Gasteiger partial charge in [-0.05, 0) is 25.1 Å². The molecule has 0 aliphatic carbocycles. The number of methoxy groups -OCH3 is 1. The molecule has 0 unspecified atom stereocenters. The standard InChI is InChI=1S/C18H19N7O2.CH4O3S/c1-26-14-4-2-5-15(27-7-3-6-19)18(14)13-8-16(25-24-13)23-17-11-21-12(9-20)10-22-17;1-5(2,3)4/h2,4-5,8,10-11H,3,6-7,19H2,1H3,(H2,22,23,24,25);1H3,(H,2,3,4). The molecule has 0 saturated carbocycles. The highest BCUT2D eigenvalue weighted by atomic mass is 32.2. The highest BCUT2D eigenvalue weighted by Gasteiger charge is 2.16. The van der Waals surface area contributed by atoms with Crippen LogP contribution in [0.1, 0.15) is 12.1 Å². The summed E-state index contributed by atoms with van der Waals surface area (Å²) in [6, 6.07) is 9.32. The lowest BCUT2D eigenvalue weighted by Gasteiger charge is -2.13. The lowest BCUT2D eigenvalue weighted by Crippen LogP contribution is -2.07. The van der Waals surface area contributed by atoms with Crippen LogP contribution in [0.15, 0.2) is 36.7 Å². The predicted molar refractivity (Wildman–Crippen MR) is 117 cm³/mol. The molecule has 0 aliphatic rings. The lowest BCUT2D eigenvalue weighted by molar-refractivity contribution is 0.312. The van der Waals surface area contributed by atoms with Crippen LogP contribution < -0.4 is 20.5 Å². The molecule has 0 saturated heterocycles. The summed E-state index contributed by atoms with van der Waals surface area (Å²) < 4.78 is 37.2. The maximum absolute atomic E-state index is 9.19. The first-order valence-electron chi connectivity index (χ1n) is 9.22. The van der Waals surface area contributed by atoms with E-state index in [9.17, 15) is 8.42 Å². The van der Waals surface area contributed by atoms with Crippen LogP contribution in [0, 0.1) is 11.3 Å². The van der Waals surface area contributed by atoms with Gasteiger partial charge in [0.25, 0.3) is 10.1 Å². The minimum absolute atomic E-state index is 0.247. The summed E-state index contributed by atoms with van der Waals surface area (Å²) in [5.74, 6) is 2.36. The Kier molecular flexibility index (Phi) is 8.90. The summed E-state index contributed by atoms with van der Waals surface area (Å²) in [5, 5.41) is 19.0. The maximum atomic E-state index is 9.19. The number of benzene rings is 1. The average molecular weight is 462 g/mol. The van der Waals surface area contributed by atoms with Gasteiger partial charge in [-0.2, -0.15) is 18.8 Å². The minimum Gasteiger partial charge on any atom is -0.496 e. The molecule has 170 valence electrons. The molecule has 13 heteroatoms. The minimum atomic E-state index is -3.67. The number of anilines is 2. The number of aromatic nitrogens is 4. The summed E-state index contributed by atoms with van der Waals surface area (Å²) >= 11 is 0. The number of ether oxygens (including phenoxy) is 2. The second-order valence-corrected chi connectivity index (χ2v) is 7.71. The zero-order valence-electron chi connectivity index (χ0n) is 17.4. The van der Waals surface area contributed by atoms with Crippen LogP contribution in [-0.2, 0) is 10.1 Å². The van der Waals surface area contributed by atoms with Crippen LogP contribution in [0.2, 0.25) is 0 Å². The zero-order chi connectivity index (χ0) is 23.6. The number of hydrogen-bond acceptors (Lipinski definition) is 10. The van der Waals surface area contributed by atoms with E-state index < -0.39 is 10.1 Å². The van der Waals surface area contributed by atoms with Crippen LogP contribution >= 0.6 is 0 Å². The van der Waals surface area contributed by atoms with Crippen molar-refractivity contribution in [3.63, 3.8) is 0 Å². The molecule has 5 N–H and O–H groups in total. The van der Waals surface area contributed by atoms with E-state index in [0.29, 0.717) is 42.5 Å². The Morgan fingerprint density at radius 2 is 1.97 bits per heavy atom. The van der Waals surface area contributed by atoms with Crippen LogP contribution in [0.3, 0.4) is 0 Å². The van der Waals surface area contributed by atoms with Gasteiger partial charge in [0.2, 0.25) is 0 Å². The summed E-state index contributed by atoms with van der Waals surface area (Å²) in [5.41, 5.74) is 7.27. The van der Waals surface area contributed by atoms with Gasteiger partial charge in [-0.25, -0.2) is 9.97 Å². The molecule has 12 nitrogen and oxygen atoms in total.